The average Bonchev–Trinajstić information content (AvgIpc) is 2.71. The lowest BCUT2D eigenvalue weighted by Crippen LogP contribution is -2.17. The van der Waals surface area contributed by atoms with E-state index in [9.17, 15) is 8.78 Å². The van der Waals surface area contributed by atoms with Gasteiger partial charge in [-0.2, -0.15) is 0 Å². The molecule has 88 valence electrons. The van der Waals surface area contributed by atoms with Crippen LogP contribution in [0.2, 0.25) is 0 Å². The third kappa shape index (κ3) is 2.34. The van der Waals surface area contributed by atoms with E-state index in [1.807, 2.05) is 0 Å². The summed E-state index contributed by atoms with van der Waals surface area (Å²) in [6, 6.07) is 4.19. The van der Waals surface area contributed by atoms with Crippen LogP contribution in [0.25, 0.3) is 0 Å². The first-order valence-electron chi connectivity index (χ1n) is 5.91. The molecule has 0 bridgehead atoms. The first kappa shape index (κ1) is 11.4. The maximum atomic E-state index is 13.4. The molecule has 1 aromatic carbocycles. The quantitative estimate of drug-likeness (QED) is 0.821. The van der Waals surface area contributed by atoms with Gasteiger partial charge in [0.05, 0.1) is 0 Å². The molecule has 0 radical (unpaired) electrons. The minimum Gasteiger partial charge on any atom is -0.378 e. The third-order valence-electron chi connectivity index (χ3n) is 3.43. The van der Waals surface area contributed by atoms with Crippen LogP contribution in [0.5, 0.6) is 0 Å². The van der Waals surface area contributed by atoms with Crippen LogP contribution >= 0.6 is 0 Å². The molecule has 1 saturated carbocycles. The Bertz CT molecular complexity index is 345. The summed E-state index contributed by atoms with van der Waals surface area (Å²) in [6.45, 7) is 2.16. The molecule has 3 heteroatoms. The Labute approximate surface area is 94.9 Å². The summed E-state index contributed by atoms with van der Waals surface area (Å²) >= 11 is 0. The van der Waals surface area contributed by atoms with E-state index in [1.165, 1.54) is 18.2 Å². The highest BCUT2D eigenvalue weighted by Crippen LogP contribution is 2.31. The van der Waals surface area contributed by atoms with Crippen molar-refractivity contribution in [2.45, 2.75) is 38.6 Å². The Balaban J connectivity index is 2.04. The van der Waals surface area contributed by atoms with Gasteiger partial charge in [-0.15, -0.1) is 0 Å². The molecule has 2 rings (SSSR count). The van der Waals surface area contributed by atoms with E-state index in [2.05, 4.69) is 12.2 Å². The summed E-state index contributed by atoms with van der Waals surface area (Å²) in [7, 11) is 0. The van der Waals surface area contributed by atoms with Crippen LogP contribution in [-0.2, 0) is 0 Å². The molecule has 1 N–H and O–H groups in total. The zero-order valence-electron chi connectivity index (χ0n) is 9.47. The molecule has 0 aromatic heterocycles. The van der Waals surface area contributed by atoms with Gasteiger partial charge in [-0.3, -0.25) is 0 Å². The van der Waals surface area contributed by atoms with Gasteiger partial charge in [-0.05, 0) is 37.3 Å². The van der Waals surface area contributed by atoms with Gasteiger partial charge in [0.15, 0.2) is 0 Å². The highest BCUT2D eigenvalue weighted by atomic mass is 19.1. The van der Waals surface area contributed by atoms with Crippen molar-refractivity contribution in [1.29, 1.82) is 0 Å². The number of hydrogen-bond donors (Lipinski definition) is 1. The Hall–Kier alpha value is -1.12. The van der Waals surface area contributed by atoms with Gasteiger partial charge in [-0.25, -0.2) is 8.78 Å². The Kier molecular flexibility index (Phi) is 3.42. The van der Waals surface area contributed by atoms with Crippen LogP contribution in [0.4, 0.5) is 14.5 Å². The normalized spacial score (nSPS) is 24.7. The van der Waals surface area contributed by atoms with E-state index >= 15 is 0 Å². The lowest BCUT2D eigenvalue weighted by atomic mass is 10.1. The first-order chi connectivity index (χ1) is 7.70. The maximum absolute atomic E-state index is 13.4. The number of rotatable bonds is 3. The standard InChI is InChI=1S/C13H17F2N/c1-2-9-6-7-10(8-9)16-13-11(14)4-3-5-12(13)15/h3-5,9-10,16H,2,6-8H2,1H3. The Morgan fingerprint density at radius 3 is 2.50 bits per heavy atom. The van der Waals surface area contributed by atoms with Gasteiger partial charge < -0.3 is 5.32 Å². The van der Waals surface area contributed by atoms with Gasteiger partial charge in [0.25, 0.3) is 0 Å². The second-order valence-electron chi connectivity index (χ2n) is 4.53. The van der Waals surface area contributed by atoms with Gasteiger partial charge in [-0.1, -0.05) is 19.4 Å². The third-order valence-corrected chi connectivity index (χ3v) is 3.43. The van der Waals surface area contributed by atoms with Crippen LogP contribution in [0.15, 0.2) is 18.2 Å². The van der Waals surface area contributed by atoms with Crippen molar-refractivity contribution in [1.82, 2.24) is 0 Å². The fraction of sp³-hybridized carbons (Fsp3) is 0.538. The van der Waals surface area contributed by atoms with Crippen LogP contribution < -0.4 is 5.32 Å². The van der Waals surface area contributed by atoms with E-state index in [-0.39, 0.29) is 11.7 Å². The van der Waals surface area contributed by atoms with Gasteiger partial charge >= 0.3 is 0 Å². The fourth-order valence-electron chi connectivity index (χ4n) is 2.42. The molecule has 0 spiro atoms. The van der Waals surface area contributed by atoms with Crippen LogP contribution in [0.1, 0.15) is 32.6 Å². The topological polar surface area (TPSA) is 12.0 Å². The summed E-state index contributed by atoms with van der Waals surface area (Å²) in [5.74, 6) is -0.299. The average molecular weight is 225 g/mol. The molecule has 1 fully saturated rings. The molecular weight excluding hydrogens is 208 g/mol. The van der Waals surface area contributed by atoms with Crippen molar-refractivity contribution >= 4 is 5.69 Å². The van der Waals surface area contributed by atoms with Crippen molar-refractivity contribution in [3.63, 3.8) is 0 Å². The van der Waals surface area contributed by atoms with Crippen molar-refractivity contribution in [2.24, 2.45) is 5.92 Å². The molecule has 0 amide bonds. The van der Waals surface area contributed by atoms with E-state index in [1.54, 1.807) is 0 Å². The Morgan fingerprint density at radius 1 is 1.25 bits per heavy atom. The number of para-hydroxylation sites is 1. The SMILES string of the molecule is CCC1CCC(Nc2c(F)cccc2F)C1. The van der Waals surface area contributed by atoms with Gasteiger partial charge in [0.2, 0.25) is 0 Å². The molecule has 1 aliphatic carbocycles. The number of nitrogens with one attached hydrogen (secondary N) is 1. The summed E-state index contributed by atoms with van der Waals surface area (Å²) in [6.07, 6.45) is 4.33. The summed E-state index contributed by atoms with van der Waals surface area (Å²) in [5.41, 5.74) is 0.0317. The van der Waals surface area contributed by atoms with Crippen molar-refractivity contribution in [3.05, 3.63) is 29.8 Å². The molecule has 1 nitrogen and oxygen atoms in total. The summed E-state index contributed by atoms with van der Waals surface area (Å²) < 4.78 is 26.8. The summed E-state index contributed by atoms with van der Waals surface area (Å²) in [5, 5.41) is 2.99. The van der Waals surface area contributed by atoms with Crippen LogP contribution in [0, 0.1) is 17.6 Å². The zero-order valence-corrected chi connectivity index (χ0v) is 9.47. The Morgan fingerprint density at radius 2 is 1.94 bits per heavy atom. The monoisotopic (exact) mass is 225 g/mol. The molecule has 0 aliphatic heterocycles. The molecule has 1 aromatic rings. The largest absolute Gasteiger partial charge is 0.378 e. The predicted molar refractivity (Wildman–Crippen MR) is 61.4 cm³/mol. The van der Waals surface area contributed by atoms with Gasteiger partial charge in [0, 0.05) is 6.04 Å². The van der Waals surface area contributed by atoms with E-state index in [4.69, 9.17) is 0 Å². The molecule has 0 saturated heterocycles. The molecule has 2 unspecified atom stereocenters. The minimum absolute atomic E-state index is 0.0317. The lowest BCUT2D eigenvalue weighted by molar-refractivity contribution is 0.522. The highest BCUT2D eigenvalue weighted by Gasteiger charge is 2.24. The predicted octanol–water partition coefficient (Wildman–Crippen LogP) is 3.96. The first-order valence-corrected chi connectivity index (χ1v) is 5.91. The maximum Gasteiger partial charge on any atom is 0.149 e. The van der Waals surface area contributed by atoms with E-state index in [0.717, 1.165) is 25.7 Å². The van der Waals surface area contributed by atoms with E-state index < -0.39 is 11.6 Å². The number of benzene rings is 1. The summed E-state index contributed by atoms with van der Waals surface area (Å²) in [4.78, 5) is 0. The van der Waals surface area contributed by atoms with Crippen molar-refractivity contribution in [2.75, 3.05) is 5.32 Å². The molecular formula is C13H17F2N. The molecule has 16 heavy (non-hydrogen) atoms. The number of anilines is 1. The van der Waals surface area contributed by atoms with Crippen LogP contribution in [-0.4, -0.2) is 6.04 Å². The second-order valence-corrected chi connectivity index (χ2v) is 4.53. The molecule has 1 aliphatic rings. The van der Waals surface area contributed by atoms with Gasteiger partial charge in [0.1, 0.15) is 17.3 Å². The van der Waals surface area contributed by atoms with E-state index in [0.29, 0.717) is 5.92 Å². The second kappa shape index (κ2) is 4.81. The number of halogens is 2. The van der Waals surface area contributed by atoms with Crippen LogP contribution in [0.3, 0.4) is 0 Å². The molecule has 2 atom stereocenters. The minimum atomic E-state index is -0.500. The number of hydrogen-bond acceptors (Lipinski definition) is 1. The zero-order chi connectivity index (χ0) is 11.5. The fourth-order valence-corrected chi connectivity index (χ4v) is 2.42. The molecule has 0 heterocycles. The van der Waals surface area contributed by atoms with Crippen molar-refractivity contribution in [3.8, 4) is 0 Å². The highest BCUT2D eigenvalue weighted by molar-refractivity contribution is 5.47. The lowest BCUT2D eigenvalue weighted by Gasteiger charge is -2.15. The van der Waals surface area contributed by atoms with Crippen molar-refractivity contribution < 1.29 is 8.78 Å². The smallest absolute Gasteiger partial charge is 0.149 e.